The minimum absolute atomic E-state index is 0.150. The molecule has 5 heteroatoms. The summed E-state index contributed by atoms with van der Waals surface area (Å²) in [6.07, 6.45) is 4.31. The van der Waals surface area contributed by atoms with Crippen molar-refractivity contribution in [2.75, 3.05) is 31.1 Å². The van der Waals surface area contributed by atoms with E-state index in [1.165, 1.54) is 5.69 Å². The maximum Gasteiger partial charge on any atom is 0.317 e. The van der Waals surface area contributed by atoms with Crippen molar-refractivity contribution >= 4 is 11.7 Å². The molecule has 126 valence electrons. The summed E-state index contributed by atoms with van der Waals surface area (Å²) in [6, 6.07) is 8.08. The van der Waals surface area contributed by atoms with Crippen LogP contribution >= 0.6 is 0 Å². The highest BCUT2D eigenvalue weighted by Crippen LogP contribution is 2.18. The Morgan fingerprint density at radius 3 is 2.65 bits per heavy atom. The minimum atomic E-state index is -0.893. The molecule has 23 heavy (non-hydrogen) atoms. The SMILES string of the molecule is CCN(CC(C)(C)O)C(=O)NCc1cccc(N2CC=CC2)c1. The highest BCUT2D eigenvalue weighted by molar-refractivity contribution is 5.74. The third-order valence-corrected chi connectivity index (χ3v) is 3.78. The molecule has 0 saturated heterocycles. The maximum atomic E-state index is 12.2. The number of rotatable bonds is 6. The molecule has 0 saturated carbocycles. The van der Waals surface area contributed by atoms with Gasteiger partial charge in [-0.25, -0.2) is 4.79 Å². The number of urea groups is 1. The zero-order valence-electron chi connectivity index (χ0n) is 14.2. The van der Waals surface area contributed by atoms with E-state index in [-0.39, 0.29) is 6.03 Å². The molecule has 5 nitrogen and oxygen atoms in total. The lowest BCUT2D eigenvalue weighted by molar-refractivity contribution is 0.0480. The second kappa shape index (κ2) is 7.51. The van der Waals surface area contributed by atoms with Crippen molar-refractivity contribution in [3.05, 3.63) is 42.0 Å². The Morgan fingerprint density at radius 1 is 1.35 bits per heavy atom. The molecular formula is C18H27N3O2. The van der Waals surface area contributed by atoms with Gasteiger partial charge in [-0.3, -0.25) is 0 Å². The first-order chi connectivity index (χ1) is 10.9. The lowest BCUT2D eigenvalue weighted by Gasteiger charge is -2.28. The molecule has 1 aliphatic heterocycles. The summed E-state index contributed by atoms with van der Waals surface area (Å²) in [4.78, 5) is 16.1. The van der Waals surface area contributed by atoms with Crippen molar-refractivity contribution in [1.29, 1.82) is 0 Å². The molecule has 2 N–H and O–H groups in total. The Morgan fingerprint density at radius 2 is 2.04 bits per heavy atom. The van der Waals surface area contributed by atoms with Crippen LogP contribution in [0.25, 0.3) is 0 Å². The standard InChI is InChI=1S/C18H27N3O2/c1-4-20(14-18(2,3)23)17(22)19-13-15-8-7-9-16(12-15)21-10-5-6-11-21/h5-9,12,23H,4,10-11,13-14H2,1-3H3,(H,19,22). The molecule has 0 bridgehead atoms. The fraction of sp³-hybridized carbons (Fsp3) is 0.500. The van der Waals surface area contributed by atoms with E-state index in [9.17, 15) is 9.90 Å². The third kappa shape index (κ3) is 5.28. The Bertz CT molecular complexity index is 556. The van der Waals surface area contributed by atoms with Gasteiger partial charge in [-0.15, -0.1) is 0 Å². The van der Waals surface area contributed by atoms with Crippen LogP contribution in [0.5, 0.6) is 0 Å². The molecule has 0 spiro atoms. The largest absolute Gasteiger partial charge is 0.389 e. The molecule has 0 unspecified atom stereocenters. The van der Waals surface area contributed by atoms with Crippen molar-refractivity contribution in [3.63, 3.8) is 0 Å². The minimum Gasteiger partial charge on any atom is -0.389 e. The summed E-state index contributed by atoms with van der Waals surface area (Å²) in [5.74, 6) is 0. The lowest BCUT2D eigenvalue weighted by atomic mass is 10.1. The Labute approximate surface area is 138 Å². The lowest BCUT2D eigenvalue weighted by Crippen LogP contribution is -2.46. The number of hydrogen-bond acceptors (Lipinski definition) is 3. The van der Waals surface area contributed by atoms with Crippen molar-refractivity contribution in [1.82, 2.24) is 10.2 Å². The summed E-state index contributed by atoms with van der Waals surface area (Å²) in [5.41, 5.74) is 1.35. The smallest absolute Gasteiger partial charge is 0.317 e. The van der Waals surface area contributed by atoms with E-state index in [0.29, 0.717) is 19.6 Å². The van der Waals surface area contributed by atoms with E-state index in [4.69, 9.17) is 0 Å². The Hall–Kier alpha value is -2.01. The highest BCUT2D eigenvalue weighted by Gasteiger charge is 2.21. The second-order valence-electron chi connectivity index (χ2n) is 6.53. The van der Waals surface area contributed by atoms with Crippen molar-refractivity contribution in [3.8, 4) is 0 Å². The van der Waals surface area contributed by atoms with Crippen LogP contribution in [0.3, 0.4) is 0 Å². The normalized spacial score (nSPS) is 14.2. The summed E-state index contributed by atoms with van der Waals surface area (Å²) in [5, 5.41) is 12.8. The summed E-state index contributed by atoms with van der Waals surface area (Å²) >= 11 is 0. The van der Waals surface area contributed by atoms with E-state index in [0.717, 1.165) is 18.7 Å². The molecule has 2 amide bonds. The predicted octanol–water partition coefficient (Wildman–Crippen LogP) is 2.37. The molecule has 0 aliphatic carbocycles. The molecule has 1 aromatic rings. The molecular weight excluding hydrogens is 290 g/mol. The van der Waals surface area contributed by atoms with Gasteiger partial charge >= 0.3 is 6.03 Å². The average molecular weight is 317 g/mol. The topological polar surface area (TPSA) is 55.8 Å². The summed E-state index contributed by atoms with van der Waals surface area (Å²) in [6.45, 7) is 8.55. The zero-order chi connectivity index (χ0) is 16.9. The van der Waals surface area contributed by atoms with Crippen LogP contribution < -0.4 is 10.2 Å². The number of anilines is 1. The fourth-order valence-electron chi connectivity index (χ4n) is 2.64. The number of aliphatic hydroxyl groups is 1. The quantitative estimate of drug-likeness (QED) is 0.792. The van der Waals surface area contributed by atoms with Gasteiger partial charge in [-0.1, -0.05) is 24.3 Å². The number of benzene rings is 1. The maximum absolute atomic E-state index is 12.2. The highest BCUT2D eigenvalue weighted by atomic mass is 16.3. The van der Waals surface area contributed by atoms with Crippen molar-refractivity contribution in [2.24, 2.45) is 0 Å². The van der Waals surface area contributed by atoms with Crippen LogP contribution in [-0.2, 0) is 6.54 Å². The molecule has 0 radical (unpaired) electrons. The van der Waals surface area contributed by atoms with Gasteiger partial charge in [-0.05, 0) is 38.5 Å². The number of likely N-dealkylation sites (N-methyl/N-ethyl adjacent to an activating group) is 1. The first-order valence-corrected chi connectivity index (χ1v) is 8.13. The van der Waals surface area contributed by atoms with Gasteiger partial charge in [0.05, 0.1) is 12.1 Å². The van der Waals surface area contributed by atoms with Crippen LogP contribution in [0.4, 0.5) is 10.5 Å². The van der Waals surface area contributed by atoms with Crippen LogP contribution in [0, 0.1) is 0 Å². The number of nitrogens with zero attached hydrogens (tertiary/aromatic N) is 2. The number of carbonyl (C=O) groups is 1. The number of amides is 2. The second-order valence-corrected chi connectivity index (χ2v) is 6.53. The first kappa shape index (κ1) is 17.3. The van der Waals surface area contributed by atoms with Crippen molar-refractivity contribution < 1.29 is 9.90 Å². The third-order valence-electron chi connectivity index (χ3n) is 3.78. The van der Waals surface area contributed by atoms with E-state index < -0.39 is 5.60 Å². The van der Waals surface area contributed by atoms with E-state index in [1.54, 1.807) is 18.7 Å². The van der Waals surface area contributed by atoms with Gasteiger partial charge in [0.25, 0.3) is 0 Å². The van der Waals surface area contributed by atoms with E-state index in [1.807, 2.05) is 19.1 Å². The molecule has 0 atom stereocenters. The van der Waals surface area contributed by atoms with Gasteiger partial charge in [-0.2, -0.15) is 0 Å². The predicted molar refractivity (Wildman–Crippen MR) is 93.6 cm³/mol. The Balaban J connectivity index is 1.92. The molecule has 1 heterocycles. The summed E-state index contributed by atoms with van der Waals surface area (Å²) < 4.78 is 0. The first-order valence-electron chi connectivity index (χ1n) is 8.13. The number of hydrogen-bond donors (Lipinski definition) is 2. The van der Waals surface area contributed by atoms with E-state index >= 15 is 0 Å². The van der Waals surface area contributed by atoms with Gasteiger partial charge < -0.3 is 20.2 Å². The zero-order valence-corrected chi connectivity index (χ0v) is 14.2. The molecule has 0 aromatic heterocycles. The molecule has 2 rings (SSSR count). The fourth-order valence-corrected chi connectivity index (χ4v) is 2.64. The van der Waals surface area contributed by atoms with Crippen LogP contribution in [0.2, 0.25) is 0 Å². The summed E-state index contributed by atoms with van der Waals surface area (Å²) in [7, 11) is 0. The van der Waals surface area contributed by atoms with Crippen LogP contribution in [-0.4, -0.2) is 47.8 Å². The average Bonchev–Trinajstić information content (AvgIpc) is 3.04. The van der Waals surface area contributed by atoms with Gasteiger partial charge in [0.15, 0.2) is 0 Å². The van der Waals surface area contributed by atoms with Gasteiger partial charge in [0.1, 0.15) is 0 Å². The van der Waals surface area contributed by atoms with Crippen molar-refractivity contribution in [2.45, 2.75) is 32.9 Å². The van der Waals surface area contributed by atoms with Gasteiger partial charge in [0.2, 0.25) is 0 Å². The number of carbonyl (C=O) groups excluding carboxylic acids is 1. The molecule has 1 aliphatic rings. The molecule has 1 aromatic carbocycles. The molecule has 0 fully saturated rings. The Kier molecular flexibility index (Phi) is 5.66. The number of nitrogens with one attached hydrogen (secondary N) is 1. The van der Waals surface area contributed by atoms with Gasteiger partial charge in [0, 0.05) is 31.9 Å². The monoisotopic (exact) mass is 317 g/mol. The van der Waals surface area contributed by atoms with Crippen LogP contribution in [0.1, 0.15) is 26.3 Å². The van der Waals surface area contributed by atoms with Crippen LogP contribution in [0.15, 0.2) is 36.4 Å². The van der Waals surface area contributed by atoms with E-state index in [2.05, 4.69) is 34.5 Å².